The van der Waals surface area contributed by atoms with E-state index >= 15 is 0 Å². The maximum atomic E-state index is 5.92. The van der Waals surface area contributed by atoms with Crippen LogP contribution in [0.2, 0.25) is 0 Å². The molecule has 1 unspecified atom stereocenters. The molecule has 1 heterocycles. The van der Waals surface area contributed by atoms with Crippen molar-refractivity contribution >= 4 is 5.82 Å². The molecule has 1 aromatic rings. The van der Waals surface area contributed by atoms with Crippen molar-refractivity contribution in [2.75, 3.05) is 18.5 Å². The van der Waals surface area contributed by atoms with Gasteiger partial charge in [0.15, 0.2) is 11.6 Å². The van der Waals surface area contributed by atoms with E-state index in [9.17, 15) is 0 Å². The number of rotatable bonds is 8. The number of anilines is 1. The Bertz CT molecular complexity index is 381. The average molecular weight is 265 g/mol. The van der Waals surface area contributed by atoms with E-state index in [1.54, 1.807) is 6.20 Å². The summed E-state index contributed by atoms with van der Waals surface area (Å²) in [5, 5.41) is 3.45. The standard InChI is InChI=1S/C15H27N3O/c1-5-9-19-13-7-6-8-17-14(13)18-15(4,11-16)10-12(2)3/h6-8,12H,5,9-11,16H2,1-4H3,(H,17,18). The second kappa shape index (κ2) is 7.34. The van der Waals surface area contributed by atoms with Crippen molar-refractivity contribution < 1.29 is 4.74 Å². The van der Waals surface area contributed by atoms with E-state index in [-0.39, 0.29) is 5.54 Å². The second-order valence-electron chi connectivity index (χ2n) is 5.69. The molecule has 1 rings (SSSR count). The Morgan fingerprint density at radius 1 is 1.47 bits per heavy atom. The molecule has 4 heteroatoms. The van der Waals surface area contributed by atoms with Crippen LogP contribution in [0.15, 0.2) is 18.3 Å². The molecule has 0 aliphatic carbocycles. The average Bonchev–Trinajstić information content (AvgIpc) is 2.37. The first kappa shape index (κ1) is 15.8. The minimum Gasteiger partial charge on any atom is -0.490 e. The van der Waals surface area contributed by atoms with E-state index in [0.717, 1.165) is 24.4 Å². The van der Waals surface area contributed by atoms with Gasteiger partial charge in [-0.05, 0) is 37.8 Å². The highest BCUT2D eigenvalue weighted by Crippen LogP contribution is 2.27. The van der Waals surface area contributed by atoms with Crippen molar-refractivity contribution in [1.82, 2.24) is 4.98 Å². The molecule has 0 fully saturated rings. The van der Waals surface area contributed by atoms with Crippen LogP contribution in [0.3, 0.4) is 0 Å². The molecular weight excluding hydrogens is 238 g/mol. The predicted molar refractivity (Wildman–Crippen MR) is 80.6 cm³/mol. The molecule has 0 saturated carbocycles. The Hall–Kier alpha value is -1.29. The molecule has 0 aliphatic heterocycles. The number of hydrogen-bond acceptors (Lipinski definition) is 4. The van der Waals surface area contributed by atoms with E-state index in [1.165, 1.54) is 0 Å². The van der Waals surface area contributed by atoms with Crippen LogP contribution >= 0.6 is 0 Å². The lowest BCUT2D eigenvalue weighted by atomic mass is 9.91. The monoisotopic (exact) mass is 265 g/mol. The van der Waals surface area contributed by atoms with Crippen molar-refractivity contribution in [3.8, 4) is 5.75 Å². The highest BCUT2D eigenvalue weighted by Gasteiger charge is 2.25. The van der Waals surface area contributed by atoms with E-state index < -0.39 is 0 Å². The third-order valence-corrected chi connectivity index (χ3v) is 2.96. The molecule has 0 saturated heterocycles. The number of aromatic nitrogens is 1. The number of nitrogens with zero attached hydrogens (tertiary/aromatic N) is 1. The van der Waals surface area contributed by atoms with Gasteiger partial charge in [-0.25, -0.2) is 4.98 Å². The topological polar surface area (TPSA) is 60.2 Å². The first-order valence-corrected chi connectivity index (χ1v) is 7.07. The maximum absolute atomic E-state index is 5.92. The molecule has 1 atom stereocenters. The van der Waals surface area contributed by atoms with Gasteiger partial charge in [0, 0.05) is 18.3 Å². The fourth-order valence-electron chi connectivity index (χ4n) is 2.19. The molecule has 4 nitrogen and oxygen atoms in total. The maximum Gasteiger partial charge on any atom is 0.169 e. The van der Waals surface area contributed by atoms with E-state index in [4.69, 9.17) is 10.5 Å². The molecule has 0 amide bonds. The summed E-state index contributed by atoms with van der Waals surface area (Å²) in [6.45, 7) is 9.88. The van der Waals surface area contributed by atoms with Crippen LogP contribution in [0, 0.1) is 5.92 Å². The van der Waals surface area contributed by atoms with Crippen LogP contribution in [-0.4, -0.2) is 23.7 Å². The Kier molecular flexibility index (Phi) is 6.09. The number of nitrogens with two attached hydrogens (primary N) is 1. The fourth-order valence-corrected chi connectivity index (χ4v) is 2.19. The third kappa shape index (κ3) is 5.07. The van der Waals surface area contributed by atoms with Crippen LogP contribution in [-0.2, 0) is 0 Å². The highest BCUT2D eigenvalue weighted by atomic mass is 16.5. The number of hydrogen-bond donors (Lipinski definition) is 2. The summed E-state index contributed by atoms with van der Waals surface area (Å²) in [5.41, 5.74) is 5.76. The highest BCUT2D eigenvalue weighted by molar-refractivity contribution is 5.51. The van der Waals surface area contributed by atoms with Crippen molar-refractivity contribution in [2.45, 2.75) is 46.1 Å². The Balaban J connectivity index is 2.84. The summed E-state index contributed by atoms with van der Waals surface area (Å²) in [4.78, 5) is 4.38. The Morgan fingerprint density at radius 2 is 2.21 bits per heavy atom. The number of ether oxygens (including phenoxy) is 1. The summed E-state index contributed by atoms with van der Waals surface area (Å²) in [6, 6.07) is 3.83. The van der Waals surface area contributed by atoms with Gasteiger partial charge >= 0.3 is 0 Å². The smallest absolute Gasteiger partial charge is 0.169 e. The van der Waals surface area contributed by atoms with Crippen molar-refractivity contribution in [1.29, 1.82) is 0 Å². The Labute approximate surface area is 116 Å². The van der Waals surface area contributed by atoms with Gasteiger partial charge in [-0.15, -0.1) is 0 Å². The molecular formula is C15H27N3O. The quantitative estimate of drug-likeness (QED) is 0.758. The zero-order valence-corrected chi connectivity index (χ0v) is 12.6. The number of pyridine rings is 1. The largest absolute Gasteiger partial charge is 0.490 e. The van der Waals surface area contributed by atoms with Gasteiger partial charge in [-0.3, -0.25) is 0 Å². The lowest BCUT2D eigenvalue weighted by Gasteiger charge is -2.32. The van der Waals surface area contributed by atoms with Gasteiger partial charge in [0.2, 0.25) is 0 Å². The van der Waals surface area contributed by atoms with Gasteiger partial charge in [-0.2, -0.15) is 0 Å². The van der Waals surface area contributed by atoms with Crippen LogP contribution in [0.25, 0.3) is 0 Å². The first-order valence-electron chi connectivity index (χ1n) is 7.07. The van der Waals surface area contributed by atoms with E-state index in [1.807, 2.05) is 12.1 Å². The van der Waals surface area contributed by atoms with Gasteiger partial charge in [0.25, 0.3) is 0 Å². The predicted octanol–water partition coefficient (Wildman–Crippen LogP) is 3.05. The van der Waals surface area contributed by atoms with Gasteiger partial charge in [-0.1, -0.05) is 20.8 Å². The summed E-state index contributed by atoms with van der Waals surface area (Å²) in [6.07, 6.45) is 3.75. The SMILES string of the molecule is CCCOc1cccnc1NC(C)(CN)CC(C)C. The summed E-state index contributed by atoms with van der Waals surface area (Å²) < 4.78 is 5.72. The summed E-state index contributed by atoms with van der Waals surface area (Å²) in [7, 11) is 0. The molecule has 3 N–H and O–H groups in total. The normalized spacial score (nSPS) is 14.2. The molecule has 19 heavy (non-hydrogen) atoms. The van der Waals surface area contributed by atoms with Crippen molar-refractivity contribution in [3.63, 3.8) is 0 Å². The van der Waals surface area contributed by atoms with Crippen LogP contribution < -0.4 is 15.8 Å². The lowest BCUT2D eigenvalue weighted by molar-refractivity contribution is 0.315. The lowest BCUT2D eigenvalue weighted by Crippen LogP contribution is -2.44. The molecule has 108 valence electrons. The minimum atomic E-state index is -0.160. The van der Waals surface area contributed by atoms with Gasteiger partial charge < -0.3 is 15.8 Å². The minimum absolute atomic E-state index is 0.160. The summed E-state index contributed by atoms with van der Waals surface area (Å²) >= 11 is 0. The molecule has 0 aromatic carbocycles. The zero-order valence-electron chi connectivity index (χ0n) is 12.6. The summed E-state index contributed by atoms with van der Waals surface area (Å²) in [5.74, 6) is 2.15. The van der Waals surface area contributed by atoms with Gasteiger partial charge in [0.1, 0.15) is 0 Å². The fraction of sp³-hybridized carbons (Fsp3) is 0.667. The van der Waals surface area contributed by atoms with Crippen molar-refractivity contribution in [2.24, 2.45) is 11.7 Å². The molecule has 0 bridgehead atoms. The van der Waals surface area contributed by atoms with E-state index in [0.29, 0.717) is 19.1 Å². The third-order valence-electron chi connectivity index (χ3n) is 2.96. The first-order chi connectivity index (χ1) is 9.00. The second-order valence-corrected chi connectivity index (χ2v) is 5.69. The number of nitrogens with one attached hydrogen (secondary N) is 1. The van der Waals surface area contributed by atoms with E-state index in [2.05, 4.69) is 38.0 Å². The van der Waals surface area contributed by atoms with Gasteiger partial charge in [0.05, 0.1) is 6.61 Å². The molecule has 0 aliphatic rings. The van der Waals surface area contributed by atoms with Crippen LogP contribution in [0.4, 0.5) is 5.82 Å². The van der Waals surface area contributed by atoms with Crippen LogP contribution in [0.5, 0.6) is 5.75 Å². The molecule has 1 aromatic heterocycles. The van der Waals surface area contributed by atoms with Crippen LogP contribution in [0.1, 0.15) is 40.5 Å². The van der Waals surface area contributed by atoms with Crippen molar-refractivity contribution in [3.05, 3.63) is 18.3 Å². The molecule has 0 spiro atoms. The Morgan fingerprint density at radius 3 is 2.79 bits per heavy atom. The zero-order chi connectivity index (χ0) is 14.3. The molecule has 0 radical (unpaired) electrons.